The zero-order chi connectivity index (χ0) is 15.7. The first-order chi connectivity index (χ1) is 10.0. The lowest BCUT2D eigenvalue weighted by Gasteiger charge is -2.11. The van der Waals surface area contributed by atoms with E-state index in [-0.39, 0.29) is 5.91 Å². The van der Waals surface area contributed by atoms with E-state index in [9.17, 15) is 9.59 Å². The Balaban J connectivity index is 2.43. The zero-order valence-corrected chi connectivity index (χ0v) is 12.6. The molecule has 0 spiro atoms. The second-order valence-electron chi connectivity index (χ2n) is 4.61. The number of methoxy groups -OCH3 is 1. The summed E-state index contributed by atoms with van der Waals surface area (Å²) < 4.78 is 9.83. The molecule has 0 radical (unpaired) electrons. The molecule has 1 amide bonds. The molecule has 1 aromatic carbocycles. The van der Waals surface area contributed by atoms with Crippen molar-refractivity contribution in [3.8, 4) is 0 Å². The number of ether oxygens (including phenoxy) is 2. The molecule has 0 saturated heterocycles. The van der Waals surface area contributed by atoms with Crippen molar-refractivity contribution in [1.82, 2.24) is 5.32 Å². The van der Waals surface area contributed by atoms with Crippen molar-refractivity contribution >= 4 is 18.0 Å². The lowest BCUT2D eigenvalue weighted by molar-refractivity contribution is -0.150. The van der Waals surface area contributed by atoms with Gasteiger partial charge in [0.25, 0.3) is 5.91 Å². The summed E-state index contributed by atoms with van der Waals surface area (Å²) in [4.78, 5) is 23.2. The van der Waals surface area contributed by atoms with Crippen molar-refractivity contribution in [3.63, 3.8) is 0 Å². The van der Waals surface area contributed by atoms with Crippen LogP contribution in [0.5, 0.6) is 0 Å². The molecule has 1 N–H and O–H groups in total. The third-order valence-electron chi connectivity index (χ3n) is 2.72. The maximum atomic E-state index is 11.6. The number of carbonyl (C=O) groups is 2. The first kappa shape index (κ1) is 16.9. The summed E-state index contributed by atoms with van der Waals surface area (Å²) in [5.41, 5.74) is 2.01. The van der Waals surface area contributed by atoms with Gasteiger partial charge in [-0.15, -0.1) is 0 Å². The Labute approximate surface area is 124 Å². The summed E-state index contributed by atoms with van der Waals surface area (Å²) >= 11 is 0. The molecule has 0 fully saturated rings. The molecule has 0 saturated carbocycles. The van der Waals surface area contributed by atoms with Crippen molar-refractivity contribution in [1.29, 1.82) is 0 Å². The van der Waals surface area contributed by atoms with E-state index < -0.39 is 12.1 Å². The van der Waals surface area contributed by atoms with Crippen molar-refractivity contribution in [2.45, 2.75) is 20.0 Å². The fourth-order valence-corrected chi connectivity index (χ4v) is 1.63. The van der Waals surface area contributed by atoms with Gasteiger partial charge in [0, 0.05) is 19.7 Å². The molecule has 0 aliphatic heterocycles. The Morgan fingerprint density at radius 2 is 2.14 bits per heavy atom. The minimum absolute atomic E-state index is 0.343. The Morgan fingerprint density at radius 1 is 1.38 bits per heavy atom. The Bertz CT molecular complexity index is 511. The molecule has 0 aliphatic rings. The second-order valence-corrected chi connectivity index (χ2v) is 4.61. The van der Waals surface area contributed by atoms with Gasteiger partial charge in [-0.25, -0.2) is 4.79 Å². The molecule has 1 aromatic rings. The smallest absolute Gasteiger partial charge is 0.331 e. The summed E-state index contributed by atoms with van der Waals surface area (Å²) in [6.07, 6.45) is 2.13. The zero-order valence-electron chi connectivity index (χ0n) is 12.6. The van der Waals surface area contributed by atoms with Crippen molar-refractivity contribution in [2.24, 2.45) is 0 Å². The van der Waals surface area contributed by atoms with Gasteiger partial charge in [-0.05, 0) is 25.5 Å². The fraction of sp³-hybridized carbons (Fsp3) is 0.375. The maximum Gasteiger partial charge on any atom is 0.331 e. The lowest BCUT2D eigenvalue weighted by atomic mass is 10.1. The van der Waals surface area contributed by atoms with Crippen molar-refractivity contribution in [2.75, 3.05) is 20.3 Å². The number of benzene rings is 1. The molecule has 0 aromatic heterocycles. The normalized spacial score (nSPS) is 12.1. The maximum absolute atomic E-state index is 11.6. The summed E-state index contributed by atoms with van der Waals surface area (Å²) in [6, 6.07) is 7.72. The number of carbonyl (C=O) groups excluding carboxylic acids is 2. The summed E-state index contributed by atoms with van der Waals surface area (Å²) in [6.45, 7) is 4.30. The average Bonchev–Trinajstić information content (AvgIpc) is 2.45. The van der Waals surface area contributed by atoms with Crippen LogP contribution in [0.15, 0.2) is 30.3 Å². The number of nitrogens with one attached hydrogen (secondary N) is 1. The highest BCUT2D eigenvalue weighted by molar-refractivity contribution is 5.90. The summed E-state index contributed by atoms with van der Waals surface area (Å²) in [5.74, 6) is -0.893. The van der Waals surface area contributed by atoms with Gasteiger partial charge in [-0.2, -0.15) is 0 Å². The molecule has 0 unspecified atom stereocenters. The molecule has 0 aliphatic carbocycles. The Morgan fingerprint density at radius 3 is 2.81 bits per heavy atom. The number of hydrogen-bond acceptors (Lipinski definition) is 4. The van der Waals surface area contributed by atoms with Crippen LogP contribution >= 0.6 is 0 Å². The van der Waals surface area contributed by atoms with Crippen LogP contribution in [0.2, 0.25) is 0 Å². The highest BCUT2D eigenvalue weighted by atomic mass is 16.5. The van der Waals surface area contributed by atoms with E-state index in [1.54, 1.807) is 13.2 Å². The number of aryl methyl sites for hydroxylation is 1. The molecular formula is C16H21NO4. The van der Waals surface area contributed by atoms with E-state index in [2.05, 4.69) is 5.32 Å². The molecule has 21 heavy (non-hydrogen) atoms. The van der Waals surface area contributed by atoms with Crippen molar-refractivity contribution in [3.05, 3.63) is 41.5 Å². The minimum atomic E-state index is -0.837. The van der Waals surface area contributed by atoms with Crippen LogP contribution in [0.25, 0.3) is 6.08 Å². The van der Waals surface area contributed by atoms with Crippen molar-refractivity contribution < 1.29 is 19.1 Å². The molecule has 114 valence electrons. The summed E-state index contributed by atoms with van der Waals surface area (Å²) in [5, 5.41) is 2.60. The van der Waals surface area contributed by atoms with Crippen LogP contribution in [0.3, 0.4) is 0 Å². The number of amides is 1. The van der Waals surface area contributed by atoms with Gasteiger partial charge in [0.1, 0.15) is 0 Å². The third-order valence-corrected chi connectivity index (χ3v) is 2.72. The molecule has 5 nitrogen and oxygen atoms in total. The Kier molecular flexibility index (Phi) is 7.18. The number of hydrogen-bond donors (Lipinski definition) is 1. The van der Waals surface area contributed by atoms with Gasteiger partial charge in [0.2, 0.25) is 0 Å². The van der Waals surface area contributed by atoms with Crippen LogP contribution in [-0.4, -0.2) is 38.2 Å². The molecule has 5 heteroatoms. The van der Waals surface area contributed by atoms with Gasteiger partial charge < -0.3 is 14.8 Å². The van der Waals surface area contributed by atoms with E-state index in [0.717, 1.165) is 11.1 Å². The summed E-state index contributed by atoms with van der Waals surface area (Å²) in [7, 11) is 1.55. The van der Waals surface area contributed by atoms with Crippen LogP contribution in [-0.2, 0) is 19.1 Å². The van der Waals surface area contributed by atoms with Gasteiger partial charge in [-0.3, -0.25) is 4.79 Å². The second kappa shape index (κ2) is 8.92. The van der Waals surface area contributed by atoms with E-state index in [4.69, 9.17) is 9.47 Å². The van der Waals surface area contributed by atoms with E-state index in [0.29, 0.717) is 13.2 Å². The SMILES string of the molecule is COCCNC(=O)[C@@H](C)OC(=O)/C=C/c1cccc(C)c1. The molecule has 1 rings (SSSR count). The van der Waals surface area contributed by atoms with Crippen LogP contribution in [0.1, 0.15) is 18.1 Å². The largest absolute Gasteiger partial charge is 0.449 e. The molecular weight excluding hydrogens is 270 g/mol. The van der Waals surface area contributed by atoms with Crippen LogP contribution in [0, 0.1) is 6.92 Å². The van der Waals surface area contributed by atoms with Gasteiger partial charge in [-0.1, -0.05) is 29.8 Å². The van der Waals surface area contributed by atoms with E-state index in [1.807, 2.05) is 31.2 Å². The van der Waals surface area contributed by atoms with Gasteiger partial charge in [0.05, 0.1) is 6.61 Å². The fourth-order valence-electron chi connectivity index (χ4n) is 1.63. The average molecular weight is 291 g/mol. The monoisotopic (exact) mass is 291 g/mol. The molecule has 0 bridgehead atoms. The standard InChI is InChI=1S/C16H21NO4/c1-12-5-4-6-14(11-12)7-8-15(18)21-13(2)16(19)17-9-10-20-3/h4-8,11,13H,9-10H2,1-3H3,(H,17,19)/b8-7+/t13-/m1/s1. The first-order valence-electron chi connectivity index (χ1n) is 6.75. The molecule has 1 atom stereocenters. The minimum Gasteiger partial charge on any atom is -0.449 e. The van der Waals surface area contributed by atoms with Gasteiger partial charge >= 0.3 is 5.97 Å². The predicted molar refractivity (Wildman–Crippen MR) is 80.7 cm³/mol. The predicted octanol–water partition coefficient (Wildman–Crippen LogP) is 1.70. The Hall–Kier alpha value is -2.14. The van der Waals surface area contributed by atoms with Crippen LogP contribution < -0.4 is 5.32 Å². The number of esters is 1. The highest BCUT2D eigenvalue weighted by Gasteiger charge is 2.15. The van der Waals surface area contributed by atoms with E-state index >= 15 is 0 Å². The third kappa shape index (κ3) is 6.72. The first-order valence-corrected chi connectivity index (χ1v) is 6.75. The van der Waals surface area contributed by atoms with Crippen LogP contribution in [0.4, 0.5) is 0 Å². The lowest BCUT2D eigenvalue weighted by Crippen LogP contribution is -2.37. The number of rotatable bonds is 7. The topological polar surface area (TPSA) is 64.6 Å². The molecule has 0 heterocycles. The quantitative estimate of drug-likeness (QED) is 0.472. The van der Waals surface area contributed by atoms with Gasteiger partial charge in [0.15, 0.2) is 6.10 Å². The van der Waals surface area contributed by atoms with E-state index in [1.165, 1.54) is 13.0 Å². The highest BCUT2D eigenvalue weighted by Crippen LogP contribution is 2.06.